The summed E-state index contributed by atoms with van der Waals surface area (Å²) >= 11 is 0. The Hall–Kier alpha value is -2.87. The smallest absolute Gasteiger partial charge is 0.246 e. The van der Waals surface area contributed by atoms with Crippen molar-refractivity contribution in [3.05, 3.63) is 36.4 Å². The van der Waals surface area contributed by atoms with E-state index in [2.05, 4.69) is 17.6 Å². The van der Waals surface area contributed by atoms with Crippen LogP contribution in [0.1, 0.15) is 84.5 Å². The van der Waals surface area contributed by atoms with Crippen molar-refractivity contribution in [2.24, 2.45) is 17.8 Å². The molecule has 8 heteroatoms. The second kappa shape index (κ2) is 11.8. The molecule has 4 fully saturated rings. The summed E-state index contributed by atoms with van der Waals surface area (Å²) in [6.45, 7) is 4.70. The van der Waals surface area contributed by atoms with Gasteiger partial charge in [-0.2, -0.15) is 0 Å². The van der Waals surface area contributed by atoms with Gasteiger partial charge in [0.2, 0.25) is 17.7 Å². The van der Waals surface area contributed by atoms with E-state index >= 15 is 0 Å². The van der Waals surface area contributed by atoms with E-state index in [4.69, 9.17) is 9.47 Å². The van der Waals surface area contributed by atoms with Crippen LogP contribution in [0.2, 0.25) is 0 Å². The van der Waals surface area contributed by atoms with Crippen molar-refractivity contribution >= 4 is 23.4 Å². The van der Waals surface area contributed by atoms with Gasteiger partial charge in [-0.05, 0) is 62.8 Å². The number of amides is 3. The summed E-state index contributed by atoms with van der Waals surface area (Å²) in [6, 6.07) is 6.57. The summed E-state index contributed by atoms with van der Waals surface area (Å²) in [5, 5.41) is 6.38. The number of fused-ring (bicyclic) bond motifs is 1. The number of nitrogens with one attached hydrogen (secondary N) is 2. The van der Waals surface area contributed by atoms with Crippen LogP contribution >= 0.6 is 0 Å². The predicted molar refractivity (Wildman–Crippen MR) is 156 cm³/mol. The third-order valence-corrected chi connectivity index (χ3v) is 10.2. The average molecular weight is 564 g/mol. The molecule has 41 heavy (non-hydrogen) atoms. The molecular weight excluding hydrogens is 518 g/mol. The largest absolute Gasteiger partial charge is 0.494 e. The molecule has 3 amide bonds. The van der Waals surface area contributed by atoms with Crippen LogP contribution in [0, 0.1) is 17.8 Å². The van der Waals surface area contributed by atoms with Crippen molar-refractivity contribution in [3.63, 3.8) is 0 Å². The number of benzene rings is 1. The van der Waals surface area contributed by atoms with E-state index < -0.39 is 29.6 Å². The van der Waals surface area contributed by atoms with E-state index in [0.29, 0.717) is 18.2 Å². The maximum Gasteiger partial charge on any atom is 0.246 e. The summed E-state index contributed by atoms with van der Waals surface area (Å²) in [5.41, 5.74) is -0.477. The minimum absolute atomic E-state index is 0.0202. The fraction of sp³-hybridized carbons (Fsp3) is 0.667. The summed E-state index contributed by atoms with van der Waals surface area (Å²) in [5.74, 6) is -0.754. The first kappa shape index (κ1) is 28.3. The minimum Gasteiger partial charge on any atom is -0.494 e. The quantitative estimate of drug-likeness (QED) is 0.456. The SMILES string of the molecule is CCOc1ccc(NC(=O)C2[C@H]3C=CC4(O3)C(C(=O)NC3CCCCC3C)N(C3CCCCCCC3)C(=O)[C@@H]24)cc1. The van der Waals surface area contributed by atoms with Crippen LogP contribution in [0.5, 0.6) is 5.75 Å². The summed E-state index contributed by atoms with van der Waals surface area (Å²) in [4.78, 5) is 44.4. The van der Waals surface area contributed by atoms with Gasteiger partial charge < -0.3 is 25.0 Å². The van der Waals surface area contributed by atoms with Crippen LogP contribution in [-0.4, -0.2) is 59.1 Å². The Morgan fingerprint density at radius 2 is 1.66 bits per heavy atom. The Bertz CT molecular complexity index is 1160. The molecule has 1 aromatic rings. The lowest BCUT2D eigenvalue weighted by molar-refractivity contribution is -0.144. The van der Waals surface area contributed by atoms with Crippen molar-refractivity contribution in [2.75, 3.05) is 11.9 Å². The molecule has 6 rings (SSSR count). The van der Waals surface area contributed by atoms with Gasteiger partial charge in [0.25, 0.3) is 0 Å². The lowest BCUT2D eigenvalue weighted by Crippen LogP contribution is -2.59. The van der Waals surface area contributed by atoms with Crippen LogP contribution in [0.25, 0.3) is 0 Å². The lowest BCUT2D eigenvalue weighted by Gasteiger charge is -2.39. The van der Waals surface area contributed by atoms with Crippen LogP contribution < -0.4 is 15.4 Å². The first-order chi connectivity index (χ1) is 19.9. The zero-order valence-corrected chi connectivity index (χ0v) is 24.5. The van der Waals surface area contributed by atoms with Gasteiger partial charge in [0.05, 0.1) is 24.5 Å². The fourth-order valence-electron chi connectivity index (χ4n) is 8.13. The molecule has 2 saturated carbocycles. The first-order valence-corrected chi connectivity index (χ1v) is 16.0. The standard InChI is InChI=1S/C33H45N3O5/c1-3-40-24-17-15-22(16-18-24)34-30(37)27-26-19-20-33(41-26)28(27)32(39)36(23-12-7-5-4-6-8-13-23)29(33)31(38)35-25-14-10-9-11-21(25)2/h15-21,23,25-29H,3-14H2,1-2H3,(H,34,37)(H,35,38)/t21?,25?,26-,27?,28-,29?,33?/m1/s1. The Morgan fingerprint density at radius 3 is 2.37 bits per heavy atom. The van der Waals surface area contributed by atoms with Crippen LogP contribution in [-0.2, 0) is 19.1 Å². The van der Waals surface area contributed by atoms with E-state index in [0.717, 1.165) is 63.5 Å². The molecule has 3 heterocycles. The maximum atomic E-state index is 14.5. The predicted octanol–water partition coefficient (Wildman–Crippen LogP) is 4.98. The maximum absolute atomic E-state index is 14.5. The molecule has 0 radical (unpaired) electrons. The molecule has 5 aliphatic rings. The minimum atomic E-state index is -1.12. The van der Waals surface area contributed by atoms with Gasteiger partial charge in [-0.1, -0.05) is 64.0 Å². The first-order valence-electron chi connectivity index (χ1n) is 16.0. The normalized spacial score (nSPS) is 35.1. The highest BCUT2D eigenvalue weighted by molar-refractivity contribution is 6.03. The van der Waals surface area contributed by atoms with Crippen molar-refractivity contribution in [2.45, 2.75) is 114 Å². The second-order valence-corrected chi connectivity index (χ2v) is 12.8. The van der Waals surface area contributed by atoms with Crippen LogP contribution in [0.3, 0.4) is 0 Å². The molecule has 1 aromatic carbocycles. The van der Waals surface area contributed by atoms with Gasteiger partial charge in [-0.25, -0.2) is 0 Å². The molecule has 2 N–H and O–H groups in total. The van der Waals surface area contributed by atoms with Crippen molar-refractivity contribution in [1.29, 1.82) is 0 Å². The second-order valence-electron chi connectivity index (χ2n) is 12.8. The van der Waals surface area contributed by atoms with Gasteiger partial charge in [-0.3, -0.25) is 14.4 Å². The molecule has 1 spiro atoms. The summed E-state index contributed by atoms with van der Waals surface area (Å²) in [7, 11) is 0. The number of ether oxygens (including phenoxy) is 2. The molecule has 8 nitrogen and oxygen atoms in total. The highest BCUT2D eigenvalue weighted by atomic mass is 16.5. The molecule has 7 atom stereocenters. The number of hydrogen-bond acceptors (Lipinski definition) is 5. The molecule has 2 aliphatic carbocycles. The molecule has 0 aromatic heterocycles. The number of carbonyl (C=O) groups is 3. The zero-order chi connectivity index (χ0) is 28.6. The third-order valence-electron chi connectivity index (χ3n) is 10.2. The van der Waals surface area contributed by atoms with Gasteiger partial charge in [0.15, 0.2) is 0 Å². The average Bonchev–Trinajstić information content (AvgIpc) is 3.59. The van der Waals surface area contributed by atoms with E-state index in [-0.39, 0.29) is 29.8 Å². The zero-order valence-electron chi connectivity index (χ0n) is 24.5. The molecule has 222 valence electrons. The Kier molecular flexibility index (Phi) is 8.12. The van der Waals surface area contributed by atoms with Gasteiger partial charge in [0, 0.05) is 17.8 Å². The Morgan fingerprint density at radius 1 is 0.976 bits per heavy atom. The summed E-state index contributed by atoms with van der Waals surface area (Å²) in [6.07, 6.45) is 15.0. The Balaban J connectivity index is 1.29. The number of hydrogen-bond donors (Lipinski definition) is 2. The van der Waals surface area contributed by atoms with Crippen molar-refractivity contribution in [1.82, 2.24) is 10.2 Å². The highest BCUT2D eigenvalue weighted by Gasteiger charge is 2.73. The monoisotopic (exact) mass is 563 g/mol. The lowest BCUT2D eigenvalue weighted by atomic mass is 9.74. The van der Waals surface area contributed by atoms with Crippen molar-refractivity contribution < 1.29 is 23.9 Å². The molecule has 2 bridgehead atoms. The van der Waals surface area contributed by atoms with Crippen LogP contribution in [0.15, 0.2) is 36.4 Å². The van der Waals surface area contributed by atoms with Crippen LogP contribution in [0.4, 0.5) is 5.69 Å². The number of carbonyl (C=O) groups excluding carboxylic acids is 3. The molecule has 5 unspecified atom stereocenters. The summed E-state index contributed by atoms with van der Waals surface area (Å²) < 4.78 is 12.1. The number of anilines is 1. The van der Waals surface area contributed by atoms with E-state index in [1.807, 2.05) is 36.1 Å². The van der Waals surface area contributed by atoms with Gasteiger partial charge in [-0.15, -0.1) is 0 Å². The van der Waals surface area contributed by atoms with Gasteiger partial charge >= 0.3 is 0 Å². The van der Waals surface area contributed by atoms with Crippen molar-refractivity contribution in [3.8, 4) is 5.75 Å². The molecule has 3 aliphatic heterocycles. The third kappa shape index (κ3) is 5.17. The van der Waals surface area contributed by atoms with Gasteiger partial charge in [0.1, 0.15) is 17.4 Å². The Labute approximate surface area is 243 Å². The molecular formula is C33H45N3O5. The fourth-order valence-corrected chi connectivity index (χ4v) is 8.13. The van der Waals surface area contributed by atoms with E-state index in [1.165, 1.54) is 12.8 Å². The topological polar surface area (TPSA) is 97.0 Å². The number of rotatable bonds is 7. The number of nitrogens with zero attached hydrogens (tertiary/aromatic N) is 1. The number of likely N-dealkylation sites (tertiary alicyclic amines) is 1. The highest BCUT2D eigenvalue weighted by Crippen LogP contribution is 2.56. The van der Waals surface area contributed by atoms with E-state index in [9.17, 15) is 14.4 Å². The molecule has 2 saturated heterocycles. The van der Waals surface area contributed by atoms with E-state index in [1.54, 1.807) is 12.1 Å².